The highest BCUT2D eigenvalue weighted by Crippen LogP contribution is 2.21. The number of carbonyl (C=O) groups is 1. The maximum absolute atomic E-state index is 11.6. The van der Waals surface area contributed by atoms with E-state index in [0.717, 1.165) is 23.0 Å². The molecule has 0 radical (unpaired) electrons. The summed E-state index contributed by atoms with van der Waals surface area (Å²) >= 11 is 0. The summed E-state index contributed by atoms with van der Waals surface area (Å²) in [5.41, 5.74) is 2.74. The van der Waals surface area contributed by atoms with Crippen molar-refractivity contribution in [3.05, 3.63) is 28.8 Å². The Labute approximate surface area is 96.4 Å². The Morgan fingerprint density at radius 2 is 1.75 bits per heavy atom. The molecule has 0 unspecified atom stereocenters. The number of sulfone groups is 1. The molecule has 3 nitrogen and oxygen atoms in total. The van der Waals surface area contributed by atoms with E-state index in [0.29, 0.717) is 17.7 Å². The third-order valence-corrected chi connectivity index (χ3v) is 3.79. The van der Waals surface area contributed by atoms with Crippen molar-refractivity contribution in [3.63, 3.8) is 0 Å². The number of aryl methyl sites for hydroxylation is 3. The zero-order valence-electron chi connectivity index (χ0n) is 9.78. The molecule has 0 spiro atoms. The van der Waals surface area contributed by atoms with Gasteiger partial charge in [0.1, 0.15) is 6.29 Å². The van der Waals surface area contributed by atoms with Crippen molar-refractivity contribution in [3.8, 4) is 0 Å². The third kappa shape index (κ3) is 2.92. The van der Waals surface area contributed by atoms with E-state index in [1.807, 2.05) is 19.9 Å². The van der Waals surface area contributed by atoms with Crippen molar-refractivity contribution < 1.29 is 13.2 Å². The molecule has 16 heavy (non-hydrogen) atoms. The number of carbonyl (C=O) groups excluding carboxylic acids is 1. The smallest absolute Gasteiger partial charge is 0.175 e. The predicted octanol–water partition coefficient (Wildman–Crippen LogP) is 1.84. The molecule has 0 aliphatic rings. The SMILES string of the molecule is Cc1cc(CCC=O)c(S(C)(=O)=O)cc1C. The van der Waals surface area contributed by atoms with Gasteiger partial charge >= 0.3 is 0 Å². The fourth-order valence-electron chi connectivity index (χ4n) is 1.60. The molecule has 0 bridgehead atoms. The summed E-state index contributed by atoms with van der Waals surface area (Å²) < 4.78 is 23.2. The zero-order chi connectivity index (χ0) is 12.3. The van der Waals surface area contributed by atoms with Crippen LogP contribution in [0.15, 0.2) is 17.0 Å². The second-order valence-corrected chi connectivity index (χ2v) is 6.01. The van der Waals surface area contributed by atoms with Gasteiger partial charge in [-0.25, -0.2) is 8.42 Å². The average Bonchev–Trinajstić information content (AvgIpc) is 2.17. The molecule has 0 heterocycles. The number of aldehydes is 1. The molecule has 0 saturated heterocycles. The van der Waals surface area contributed by atoms with E-state index in [2.05, 4.69) is 0 Å². The van der Waals surface area contributed by atoms with Crippen LogP contribution in [0.2, 0.25) is 0 Å². The molecule has 88 valence electrons. The summed E-state index contributed by atoms with van der Waals surface area (Å²) in [5.74, 6) is 0. The van der Waals surface area contributed by atoms with Crippen LogP contribution in [0.4, 0.5) is 0 Å². The summed E-state index contributed by atoms with van der Waals surface area (Å²) in [6.07, 6.45) is 2.83. The Morgan fingerprint density at radius 1 is 1.19 bits per heavy atom. The van der Waals surface area contributed by atoms with Gasteiger partial charge in [0.2, 0.25) is 0 Å². The van der Waals surface area contributed by atoms with Crippen LogP contribution >= 0.6 is 0 Å². The maximum Gasteiger partial charge on any atom is 0.175 e. The monoisotopic (exact) mass is 240 g/mol. The lowest BCUT2D eigenvalue weighted by Gasteiger charge is -2.10. The minimum atomic E-state index is -3.22. The lowest BCUT2D eigenvalue weighted by atomic mass is 10.0. The Bertz CT molecular complexity index is 501. The summed E-state index contributed by atoms with van der Waals surface area (Å²) in [6.45, 7) is 3.82. The summed E-state index contributed by atoms with van der Waals surface area (Å²) in [6, 6.07) is 3.54. The van der Waals surface area contributed by atoms with Crippen molar-refractivity contribution in [2.75, 3.05) is 6.26 Å². The largest absolute Gasteiger partial charge is 0.303 e. The molecule has 0 fully saturated rings. The predicted molar refractivity (Wildman–Crippen MR) is 63.4 cm³/mol. The Kier molecular flexibility index (Phi) is 3.86. The van der Waals surface area contributed by atoms with Gasteiger partial charge in [0.15, 0.2) is 9.84 Å². The Hall–Kier alpha value is -1.16. The number of benzene rings is 1. The first kappa shape index (κ1) is 12.9. The van der Waals surface area contributed by atoms with Crippen molar-refractivity contribution >= 4 is 16.1 Å². The normalized spacial score (nSPS) is 11.4. The topological polar surface area (TPSA) is 51.2 Å². The average molecular weight is 240 g/mol. The second kappa shape index (κ2) is 4.78. The van der Waals surface area contributed by atoms with Crippen LogP contribution in [-0.2, 0) is 21.1 Å². The van der Waals surface area contributed by atoms with Crippen LogP contribution in [0.3, 0.4) is 0 Å². The van der Waals surface area contributed by atoms with Gasteiger partial charge in [0, 0.05) is 12.7 Å². The molecule has 1 rings (SSSR count). The lowest BCUT2D eigenvalue weighted by Crippen LogP contribution is -2.04. The van der Waals surface area contributed by atoms with Crippen LogP contribution in [0, 0.1) is 13.8 Å². The van der Waals surface area contributed by atoms with Crippen molar-refractivity contribution in [2.45, 2.75) is 31.6 Å². The van der Waals surface area contributed by atoms with E-state index < -0.39 is 9.84 Å². The van der Waals surface area contributed by atoms with E-state index in [1.54, 1.807) is 6.07 Å². The van der Waals surface area contributed by atoms with E-state index in [9.17, 15) is 13.2 Å². The van der Waals surface area contributed by atoms with Gasteiger partial charge < -0.3 is 4.79 Å². The highest BCUT2D eigenvalue weighted by molar-refractivity contribution is 7.90. The number of rotatable bonds is 4. The van der Waals surface area contributed by atoms with Gasteiger partial charge in [-0.1, -0.05) is 6.07 Å². The van der Waals surface area contributed by atoms with Crippen LogP contribution in [-0.4, -0.2) is 21.0 Å². The van der Waals surface area contributed by atoms with Gasteiger partial charge in [-0.05, 0) is 43.0 Å². The first-order chi connectivity index (χ1) is 7.36. The van der Waals surface area contributed by atoms with Crippen LogP contribution < -0.4 is 0 Å². The van der Waals surface area contributed by atoms with Gasteiger partial charge in [-0.2, -0.15) is 0 Å². The van der Waals surface area contributed by atoms with Gasteiger partial charge in [-0.15, -0.1) is 0 Å². The number of hydrogen-bond acceptors (Lipinski definition) is 3. The van der Waals surface area contributed by atoms with Crippen LogP contribution in [0.25, 0.3) is 0 Å². The van der Waals surface area contributed by atoms with E-state index in [-0.39, 0.29) is 0 Å². The van der Waals surface area contributed by atoms with Crippen molar-refractivity contribution in [1.82, 2.24) is 0 Å². The highest BCUT2D eigenvalue weighted by atomic mass is 32.2. The molecule has 4 heteroatoms. The molecule has 0 N–H and O–H groups in total. The lowest BCUT2D eigenvalue weighted by molar-refractivity contribution is -0.107. The van der Waals surface area contributed by atoms with Crippen molar-refractivity contribution in [2.24, 2.45) is 0 Å². The molecular formula is C12H16O3S. The minimum Gasteiger partial charge on any atom is -0.303 e. The molecule has 0 amide bonds. The van der Waals surface area contributed by atoms with E-state index in [4.69, 9.17) is 0 Å². The molecule has 1 aromatic carbocycles. The van der Waals surface area contributed by atoms with Crippen LogP contribution in [0.5, 0.6) is 0 Å². The Morgan fingerprint density at radius 3 is 2.25 bits per heavy atom. The fraction of sp³-hybridized carbons (Fsp3) is 0.417. The highest BCUT2D eigenvalue weighted by Gasteiger charge is 2.14. The first-order valence-corrected chi connectivity index (χ1v) is 6.99. The molecule has 1 aromatic rings. The first-order valence-electron chi connectivity index (χ1n) is 5.10. The van der Waals surface area contributed by atoms with Gasteiger partial charge in [-0.3, -0.25) is 0 Å². The quantitative estimate of drug-likeness (QED) is 0.754. The van der Waals surface area contributed by atoms with Gasteiger partial charge in [0.05, 0.1) is 4.90 Å². The Balaban J connectivity index is 3.33. The maximum atomic E-state index is 11.6. The standard InChI is InChI=1S/C12H16O3S/c1-9-7-11(5-4-6-13)12(8-10(9)2)16(3,14)15/h6-8H,4-5H2,1-3H3. The van der Waals surface area contributed by atoms with Gasteiger partial charge in [0.25, 0.3) is 0 Å². The molecule has 0 aromatic heterocycles. The molecule has 0 aliphatic heterocycles. The summed E-state index contributed by atoms with van der Waals surface area (Å²) in [7, 11) is -3.22. The summed E-state index contributed by atoms with van der Waals surface area (Å²) in [4.78, 5) is 10.7. The molecule has 0 atom stereocenters. The molecule has 0 aliphatic carbocycles. The zero-order valence-corrected chi connectivity index (χ0v) is 10.6. The van der Waals surface area contributed by atoms with E-state index >= 15 is 0 Å². The van der Waals surface area contributed by atoms with Crippen LogP contribution in [0.1, 0.15) is 23.1 Å². The third-order valence-electron chi connectivity index (χ3n) is 2.61. The fourth-order valence-corrected chi connectivity index (χ4v) is 2.63. The van der Waals surface area contributed by atoms with Crippen molar-refractivity contribution in [1.29, 1.82) is 0 Å². The molecule has 0 saturated carbocycles. The minimum absolute atomic E-state index is 0.345. The second-order valence-electron chi connectivity index (χ2n) is 4.02. The van der Waals surface area contributed by atoms with E-state index in [1.165, 1.54) is 6.26 Å². The molecular weight excluding hydrogens is 224 g/mol. The summed E-state index contributed by atoms with van der Waals surface area (Å²) in [5, 5.41) is 0. The number of hydrogen-bond donors (Lipinski definition) is 0.